The third-order valence-electron chi connectivity index (χ3n) is 26.8. The lowest BCUT2D eigenvalue weighted by molar-refractivity contribution is 0.170. The SMILES string of the molecule is CNc1nccc(C2=NCc3nc(N4CCC(C)(N)CC4)cnc32)c1Cl.Cc1nccc(C2=NCc3nc(N4CCC(C)(C(C)N)CC4)cnc32)c1Cl.Cc1nccc(C2=NCc3nc(N4CCC(C)(CN)CC4)cnc32)c1Cl.Cc1nccc(C2=NCc3nc(N4CCC(C)(N)CC4)cnc32)c1Cl.Cc1nccc(C2=NCc3nc(N4CCC(N)(CO)CC4)cnc32)c1Cl. The molecular weight excluding hydrogens is 1740 g/mol. The molecule has 20 rings (SSSR count). The summed E-state index contributed by atoms with van der Waals surface area (Å²) >= 11 is 32.1. The van der Waals surface area contributed by atoms with Crippen LogP contribution in [-0.2, 0) is 32.7 Å². The molecule has 10 aliphatic heterocycles. The van der Waals surface area contributed by atoms with Crippen molar-refractivity contribution in [3.63, 3.8) is 0 Å². The Morgan fingerprint density at radius 3 is 0.869 bits per heavy atom. The Bertz CT molecular complexity index is 5910. The number of aryl methyl sites for hydroxylation is 4. The highest BCUT2D eigenvalue weighted by atomic mass is 35.5. The Kier molecular flexibility index (Phi) is 27.7. The third kappa shape index (κ3) is 19.8. The minimum atomic E-state index is -0.479. The molecule has 1 atom stereocenters. The number of piperidine rings is 5. The summed E-state index contributed by atoms with van der Waals surface area (Å²) in [6, 6.07) is 9.58. The Balaban J connectivity index is 0.000000119. The Morgan fingerprint density at radius 2 is 0.615 bits per heavy atom. The van der Waals surface area contributed by atoms with Crippen LogP contribution in [0.5, 0.6) is 0 Å². The second-order valence-electron chi connectivity index (χ2n) is 36.5. The van der Waals surface area contributed by atoms with Crippen molar-refractivity contribution < 1.29 is 5.11 Å². The van der Waals surface area contributed by atoms with Crippen molar-refractivity contribution in [3.8, 4) is 0 Å². The molecule has 20 heterocycles. The van der Waals surface area contributed by atoms with Crippen LogP contribution in [-0.4, -0.2) is 217 Å². The van der Waals surface area contributed by atoms with Gasteiger partial charge in [0.2, 0.25) is 0 Å². The van der Waals surface area contributed by atoms with Crippen molar-refractivity contribution in [1.82, 2.24) is 74.8 Å². The Morgan fingerprint density at radius 1 is 0.369 bits per heavy atom. The van der Waals surface area contributed by atoms with Crippen molar-refractivity contribution in [1.29, 1.82) is 0 Å². The maximum Gasteiger partial charge on any atom is 0.147 e. The summed E-state index contributed by atoms with van der Waals surface area (Å²) in [6.07, 6.45) is 27.4. The number of hydrogen-bond acceptors (Lipinski definition) is 32. The average Bonchev–Trinajstić information content (AvgIpc) is 1.65. The van der Waals surface area contributed by atoms with E-state index in [0.29, 0.717) is 63.7 Å². The van der Waals surface area contributed by atoms with Gasteiger partial charge in [-0.25, -0.2) is 54.8 Å². The molecule has 680 valence electrons. The topological polar surface area (TPSA) is 434 Å². The highest BCUT2D eigenvalue weighted by Gasteiger charge is 2.39. The smallest absolute Gasteiger partial charge is 0.147 e. The summed E-state index contributed by atoms with van der Waals surface area (Å²) < 4.78 is 0. The van der Waals surface area contributed by atoms with Crippen molar-refractivity contribution in [2.45, 2.75) is 182 Å². The molecule has 130 heavy (non-hydrogen) atoms. The lowest BCUT2D eigenvalue weighted by atomic mass is 9.75. The standard InChI is InChI=1S/C20H25ClN6.C19H23ClN6.C18H22ClN7.C18H21ClN6O.C18H21ClN6/c1-12-17(21)14(4-7-23-12)18-19-15(10-24-18)26-16(11-25-19)27-8-5-20(3,6-9-27)13(2)22;1-12-16(20)13(3-6-22-12)17-18-14(9-23-17)25-15(10-24-18)26-7-4-19(2,11-21)5-8-26;1-18(20)4-7-26(8-5-18)13-10-24-16-12(25-13)9-23-15(16)11-3-6-22-17(21-2)14(11)19;1-11-15(19)12(2-5-21-11)16-17-13(8-22-16)24-14(9-23-17)25-6-3-18(20,10-26)4-7-25;1-11-15(19)12(3-6-21-11)16-17-13(9-22-16)24-14(10-23-17)25-7-4-18(2,20)5-8-25/h4,7,11,13H,5-6,8-10,22H2,1-3H3;3,6,10H,4-5,7-9,11,21H2,1-2H3;3,6,10H,4-5,7-9,20H2,1-2H3,(H,21,22);2,5,9,26H,3-4,6-8,10,20H2,1H3;3,6,10H,4-5,7-9,20H2,1-2H3. The number of aliphatic imine (C=N–C) groups is 5. The molecule has 10 aliphatic rings. The lowest BCUT2D eigenvalue weighted by Crippen LogP contribution is -2.53. The highest BCUT2D eigenvalue weighted by Crippen LogP contribution is 2.40. The van der Waals surface area contributed by atoms with Gasteiger partial charge in [-0.1, -0.05) is 71.9 Å². The number of aliphatic hydroxyl groups is 1. The first kappa shape index (κ1) is 92.8. The number of nitrogens with one attached hydrogen (secondary N) is 1. The predicted octanol–water partition coefficient (Wildman–Crippen LogP) is 12.1. The number of nitrogens with zero attached hydrogens (tertiary/aromatic N) is 25. The van der Waals surface area contributed by atoms with Gasteiger partial charge in [-0.2, -0.15) is 0 Å². The number of hydrogen-bond donors (Lipinski definition) is 7. The molecule has 10 aromatic heterocycles. The number of fused-ring (bicyclic) bond motifs is 5. The maximum atomic E-state index is 9.41. The van der Waals surface area contributed by atoms with E-state index in [4.69, 9.17) is 117 Å². The molecule has 0 bridgehead atoms. The molecule has 32 nitrogen and oxygen atoms in total. The van der Waals surface area contributed by atoms with Gasteiger partial charge >= 0.3 is 0 Å². The van der Waals surface area contributed by atoms with E-state index < -0.39 is 5.54 Å². The first-order valence-corrected chi connectivity index (χ1v) is 46.2. The summed E-state index contributed by atoms with van der Waals surface area (Å²) in [5.41, 5.74) is 50.4. The number of halogens is 5. The zero-order valence-electron chi connectivity index (χ0n) is 75.2. The van der Waals surface area contributed by atoms with Crippen LogP contribution in [0.1, 0.15) is 206 Å². The van der Waals surface area contributed by atoms with E-state index in [-0.39, 0.29) is 34.6 Å². The predicted molar refractivity (Wildman–Crippen MR) is 517 cm³/mol. The van der Waals surface area contributed by atoms with Gasteiger partial charge in [0, 0.05) is 154 Å². The summed E-state index contributed by atoms with van der Waals surface area (Å²) in [6.45, 7) is 30.7. The van der Waals surface area contributed by atoms with E-state index in [1.54, 1.807) is 44.2 Å². The molecule has 12 N–H and O–H groups in total. The fourth-order valence-corrected chi connectivity index (χ4v) is 18.4. The summed E-state index contributed by atoms with van der Waals surface area (Å²) in [4.78, 5) is 103. The van der Waals surface area contributed by atoms with E-state index in [0.717, 1.165) is 301 Å². The number of pyridine rings is 5. The molecule has 10 aromatic rings. The third-order valence-corrected chi connectivity index (χ3v) is 29.1. The van der Waals surface area contributed by atoms with E-state index in [1.165, 1.54) is 0 Å². The lowest BCUT2D eigenvalue weighted by Gasteiger charge is -2.42. The summed E-state index contributed by atoms with van der Waals surface area (Å²) in [5, 5.41) is 15.4. The van der Waals surface area contributed by atoms with E-state index in [9.17, 15) is 5.11 Å². The van der Waals surface area contributed by atoms with Gasteiger partial charge in [-0.05, 0) is 160 Å². The van der Waals surface area contributed by atoms with Gasteiger partial charge in [0.05, 0.1) is 175 Å². The van der Waals surface area contributed by atoms with Crippen LogP contribution in [0.15, 0.2) is 117 Å². The molecule has 0 saturated carbocycles. The minimum Gasteiger partial charge on any atom is -0.394 e. The molecular formula is C93H112Cl5N31O. The van der Waals surface area contributed by atoms with Gasteiger partial charge in [0.1, 0.15) is 63.4 Å². The second-order valence-corrected chi connectivity index (χ2v) is 38.4. The Hall–Kier alpha value is -10.5. The summed E-state index contributed by atoms with van der Waals surface area (Å²) in [5.74, 6) is 5.11. The van der Waals surface area contributed by atoms with Gasteiger partial charge in [0.25, 0.3) is 0 Å². The van der Waals surface area contributed by atoms with Crippen LogP contribution in [0.4, 0.5) is 34.9 Å². The first-order chi connectivity index (χ1) is 62.3. The maximum absolute atomic E-state index is 9.41. The van der Waals surface area contributed by atoms with Gasteiger partial charge in [0.15, 0.2) is 0 Å². The van der Waals surface area contributed by atoms with Crippen molar-refractivity contribution in [3.05, 3.63) is 225 Å². The largest absolute Gasteiger partial charge is 0.394 e. The zero-order valence-corrected chi connectivity index (χ0v) is 79.0. The molecule has 37 heteroatoms. The van der Waals surface area contributed by atoms with Crippen LogP contribution in [0.3, 0.4) is 0 Å². The molecule has 0 aliphatic carbocycles. The molecule has 1 unspecified atom stereocenters. The molecule has 0 radical (unpaired) electrons. The van der Waals surface area contributed by atoms with Crippen molar-refractivity contribution >= 4 is 121 Å². The van der Waals surface area contributed by atoms with E-state index >= 15 is 0 Å². The quantitative estimate of drug-likeness (QED) is 0.0531. The number of nitrogens with two attached hydrogens (primary N) is 5. The van der Waals surface area contributed by atoms with E-state index in [2.05, 4.69) is 134 Å². The monoisotopic (exact) mass is 1850 g/mol. The average molecular weight is 1860 g/mol. The van der Waals surface area contributed by atoms with Crippen LogP contribution < -0.4 is 58.5 Å². The first-order valence-electron chi connectivity index (χ1n) is 44.3. The van der Waals surface area contributed by atoms with Crippen LogP contribution >= 0.6 is 58.0 Å². The highest BCUT2D eigenvalue weighted by molar-refractivity contribution is 6.39. The number of aliphatic hydroxyl groups excluding tert-OH is 1. The van der Waals surface area contributed by atoms with Crippen molar-refractivity contribution in [2.24, 2.45) is 64.5 Å². The summed E-state index contributed by atoms with van der Waals surface area (Å²) in [7, 11) is 1.79. The molecule has 0 aromatic carbocycles. The molecule has 0 amide bonds. The second kappa shape index (κ2) is 38.7. The normalized spacial score (nSPS) is 18.8. The minimum absolute atomic E-state index is 0.0139. The fourth-order valence-electron chi connectivity index (χ4n) is 17.3. The Labute approximate surface area is 783 Å². The number of aromatic nitrogens is 15. The van der Waals surface area contributed by atoms with Gasteiger partial charge < -0.3 is 63.6 Å². The van der Waals surface area contributed by atoms with Gasteiger partial charge in [-0.3, -0.25) is 44.9 Å². The molecule has 5 saturated heterocycles. The van der Waals surface area contributed by atoms with Crippen LogP contribution in [0, 0.1) is 38.5 Å². The number of anilines is 6. The van der Waals surface area contributed by atoms with Crippen LogP contribution in [0.2, 0.25) is 25.1 Å². The van der Waals surface area contributed by atoms with Crippen molar-refractivity contribution in [2.75, 3.05) is 115 Å². The molecule has 0 spiro atoms. The van der Waals surface area contributed by atoms with Gasteiger partial charge in [-0.15, -0.1) is 0 Å². The molecule has 5 fully saturated rings. The fraction of sp³-hybridized carbons (Fsp3) is 0.462. The van der Waals surface area contributed by atoms with E-state index in [1.807, 2.05) is 82.8 Å². The zero-order chi connectivity index (χ0) is 91.7. The van der Waals surface area contributed by atoms with Crippen LogP contribution in [0.25, 0.3) is 0 Å². The number of rotatable bonds is 14.